The molecular weight excluding hydrogens is 260 g/mol. The van der Waals surface area contributed by atoms with Crippen LogP contribution in [0.1, 0.15) is 33.6 Å². The lowest BCUT2D eigenvalue weighted by Crippen LogP contribution is -2.78. The molecule has 3 fully saturated rings. The van der Waals surface area contributed by atoms with Crippen molar-refractivity contribution in [1.29, 1.82) is 0 Å². The second-order valence-electron chi connectivity index (χ2n) is 8.04. The first-order valence-corrected chi connectivity index (χ1v) is 7.32. The maximum Gasteiger partial charge on any atom is 0.168 e. The van der Waals surface area contributed by atoms with Crippen molar-refractivity contribution >= 4 is 5.78 Å². The maximum atomic E-state index is 12.0. The zero-order valence-electron chi connectivity index (χ0n) is 12.2. The van der Waals surface area contributed by atoms with Gasteiger partial charge in [0, 0.05) is 5.41 Å². The summed E-state index contributed by atoms with van der Waals surface area (Å²) in [5.74, 6) is -1.52. The van der Waals surface area contributed by atoms with Crippen LogP contribution in [0.2, 0.25) is 0 Å². The second kappa shape index (κ2) is 3.83. The van der Waals surface area contributed by atoms with E-state index in [1.807, 2.05) is 6.92 Å². The van der Waals surface area contributed by atoms with Crippen LogP contribution < -0.4 is 0 Å². The van der Waals surface area contributed by atoms with Gasteiger partial charge in [0.25, 0.3) is 0 Å². The Hall–Kier alpha value is -0.490. The van der Waals surface area contributed by atoms with Crippen molar-refractivity contribution in [2.24, 2.45) is 28.6 Å². The number of carbonyl (C=O) groups is 1. The summed E-state index contributed by atoms with van der Waals surface area (Å²) < 4.78 is 0. The SMILES string of the molecule is CC1(C)CC2C(O)C(O)(CO)C3C(=O)C(O)C3(C)C2C1. The predicted octanol–water partition coefficient (Wildman–Crippen LogP) is -0.297. The normalized spacial score (nSPS) is 57.0. The minimum Gasteiger partial charge on any atom is -0.393 e. The van der Waals surface area contributed by atoms with E-state index >= 15 is 0 Å². The zero-order valence-corrected chi connectivity index (χ0v) is 12.2. The largest absolute Gasteiger partial charge is 0.393 e. The molecule has 0 saturated heterocycles. The van der Waals surface area contributed by atoms with E-state index in [9.17, 15) is 25.2 Å². The third-order valence-electron chi connectivity index (χ3n) is 6.31. The summed E-state index contributed by atoms with van der Waals surface area (Å²) in [7, 11) is 0. The number of aliphatic hydroxyl groups is 4. The third kappa shape index (κ3) is 1.39. The fourth-order valence-electron chi connectivity index (χ4n) is 5.38. The first-order valence-electron chi connectivity index (χ1n) is 7.32. The monoisotopic (exact) mass is 284 g/mol. The van der Waals surface area contributed by atoms with Gasteiger partial charge in [-0.1, -0.05) is 20.8 Å². The van der Waals surface area contributed by atoms with Gasteiger partial charge in [-0.05, 0) is 30.1 Å². The molecule has 0 heterocycles. The molecule has 3 aliphatic rings. The van der Waals surface area contributed by atoms with Crippen LogP contribution >= 0.6 is 0 Å². The average molecular weight is 284 g/mol. The molecule has 3 aliphatic carbocycles. The molecule has 0 spiro atoms. The standard InChI is InChI=1S/C15H24O5/c1-13(2)4-7-8(5-13)14(3)10(9(17)12(14)19)15(20,6-16)11(7)18/h7-8,10-12,16,18-20H,4-6H2,1-3H3. The number of hydrogen-bond donors (Lipinski definition) is 4. The summed E-state index contributed by atoms with van der Waals surface area (Å²) in [6.45, 7) is 5.36. The molecule has 0 aromatic heterocycles. The average Bonchev–Trinajstić information content (AvgIpc) is 2.72. The molecule has 20 heavy (non-hydrogen) atoms. The van der Waals surface area contributed by atoms with Crippen LogP contribution in [-0.4, -0.2) is 50.6 Å². The minimum atomic E-state index is -1.83. The summed E-state index contributed by atoms with van der Waals surface area (Å²) in [6.07, 6.45) is -0.675. The van der Waals surface area contributed by atoms with E-state index in [0.29, 0.717) is 0 Å². The summed E-state index contributed by atoms with van der Waals surface area (Å²) in [5, 5.41) is 41.0. The van der Waals surface area contributed by atoms with E-state index in [1.54, 1.807) is 0 Å². The van der Waals surface area contributed by atoms with Crippen LogP contribution in [0.25, 0.3) is 0 Å². The van der Waals surface area contributed by atoms with Gasteiger partial charge in [-0.3, -0.25) is 4.79 Å². The molecule has 0 radical (unpaired) electrons. The van der Waals surface area contributed by atoms with Crippen LogP contribution in [0.5, 0.6) is 0 Å². The van der Waals surface area contributed by atoms with E-state index in [4.69, 9.17) is 0 Å². The fourth-order valence-corrected chi connectivity index (χ4v) is 5.38. The molecule has 7 atom stereocenters. The summed E-state index contributed by atoms with van der Waals surface area (Å²) in [5.41, 5.74) is -2.57. The highest BCUT2D eigenvalue weighted by molar-refractivity contribution is 5.95. The lowest BCUT2D eigenvalue weighted by atomic mass is 9.41. The van der Waals surface area contributed by atoms with Crippen molar-refractivity contribution in [3.63, 3.8) is 0 Å². The Bertz CT molecular complexity index is 461. The van der Waals surface area contributed by atoms with Gasteiger partial charge < -0.3 is 20.4 Å². The van der Waals surface area contributed by atoms with E-state index in [0.717, 1.165) is 12.8 Å². The van der Waals surface area contributed by atoms with Crippen LogP contribution in [0, 0.1) is 28.6 Å². The van der Waals surface area contributed by atoms with Crippen molar-refractivity contribution in [3.8, 4) is 0 Å². The zero-order chi connectivity index (χ0) is 15.1. The molecule has 0 aromatic carbocycles. The Balaban J connectivity index is 2.09. The minimum absolute atomic E-state index is 0.00275. The molecule has 114 valence electrons. The van der Waals surface area contributed by atoms with Gasteiger partial charge in [-0.2, -0.15) is 0 Å². The molecule has 5 heteroatoms. The Morgan fingerprint density at radius 1 is 1.20 bits per heavy atom. The summed E-state index contributed by atoms with van der Waals surface area (Å²) in [6, 6.07) is 0. The Labute approximate surface area is 118 Å². The number of ketones is 1. The summed E-state index contributed by atoms with van der Waals surface area (Å²) >= 11 is 0. The van der Waals surface area contributed by atoms with Crippen molar-refractivity contribution in [3.05, 3.63) is 0 Å². The highest BCUT2D eigenvalue weighted by Gasteiger charge is 2.76. The molecular formula is C15H24O5. The molecule has 7 unspecified atom stereocenters. The fraction of sp³-hybridized carbons (Fsp3) is 0.933. The van der Waals surface area contributed by atoms with Crippen LogP contribution in [-0.2, 0) is 4.79 Å². The van der Waals surface area contributed by atoms with Crippen molar-refractivity contribution < 1.29 is 25.2 Å². The van der Waals surface area contributed by atoms with Gasteiger partial charge in [-0.15, -0.1) is 0 Å². The van der Waals surface area contributed by atoms with Crippen molar-refractivity contribution in [2.75, 3.05) is 6.61 Å². The smallest absolute Gasteiger partial charge is 0.168 e. The van der Waals surface area contributed by atoms with E-state index in [2.05, 4.69) is 13.8 Å². The molecule has 0 aromatic rings. The number of carbonyl (C=O) groups excluding carboxylic acids is 1. The topological polar surface area (TPSA) is 98.0 Å². The number of rotatable bonds is 1. The van der Waals surface area contributed by atoms with Crippen LogP contribution in [0.3, 0.4) is 0 Å². The van der Waals surface area contributed by atoms with Crippen molar-refractivity contribution in [2.45, 2.75) is 51.4 Å². The Kier molecular flexibility index (Phi) is 2.76. The number of hydrogen-bond acceptors (Lipinski definition) is 5. The second-order valence-corrected chi connectivity index (χ2v) is 8.04. The van der Waals surface area contributed by atoms with Gasteiger partial charge >= 0.3 is 0 Å². The molecule has 0 amide bonds. The number of Topliss-reactive ketones (excluding diaryl/α,β-unsaturated/α-hetero) is 1. The molecule has 0 aliphatic heterocycles. The molecule has 3 rings (SSSR count). The van der Waals surface area contributed by atoms with E-state index in [1.165, 1.54) is 0 Å². The predicted molar refractivity (Wildman–Crippen MR) is 70.6 cm³/mol. The Morgan fingerprint density at radius 2 is 1.80 bits per heavy atom. The van der Waals surface area contributed by atoms with Gasteiger partial charge in [0.2, 0.25) is 0 Å². The quantitative estimate of drug-likeness (QED) is 0.530. The lowest BCUT2D eigenvalue weighted by Gasteiger charge is -2.64. The molecule has 3 saturated carbocycles. The molecule has 5 nitrogen and oxygen atoms in total. The van der Waals surface area contributed by atoms with E-state index in [-0.39, 0.29) is 17.3 Å². The summed E-state index contributed by atoms with van der Waals surface area (Å²) in [4.78, 5) is 12.0. The maximum absolute atomic E-state index is 12.0. The highest BCUT2D eigenvalue weighted by atomic mass is 16.4. The lowest BCUT2D eigenvalue weighted by molar-refractivity contribution is -0.276. The first-order chi connectivity index (χ1) is 9.09. The molecule has 0 bridgehead atoms. The first kappa shape index (κ1) is 14.4. The van der Waals surface area contributed by atoms with Crippen molar-refractivity contribution in [1.82, 2.24) is 0 Å². The highest BCUT2D eigenvalue weighted by Crippen LogP contribution is 2.67. The van der Waals surface area contributed by atoms with Gasteiger partial charge in [-0.25, -0.2) is 0 Å². The van der Waals surface area contributed by atoms with Crippen LogP contribution in [0.15, 0.2) is 0 Å². The number of aliphatic hydroxyl groups excluding tert-OH is 3. The Morgan fingerprint density at radius 3 is 2.35 bits per heavy atom. The number of fused-ring (bicyclic) bond motifs is 3. The van der Waals surface area contributed by atoms with Gasteiger partial charge in [0.05, 0.1) is 18.6 Å². The van der Waals surface area contributed by atoms with Crippen LogP contribution in [0.4, 0.5) is 0 Å². The third-order valence-corrected chi connectivity index (χ3v) is 6.31. The van der Waals surface area contributed by atoms with E-state index < -0.39 is 41.5 Å². The molecule has 4 N–H and O–H groups in total. The van der Waals surface area contributed by atoms with Gasteiger partial charge in [0.15, 0.2) is 5.78 Å². The van der Waals surface area contributed by atoms with Gasteiger partial charge in [0.1, 0.15) is 11.7 Å².